The zero-order chi connectivity index (χ0) is 10.6. The van der Waals surface area contributed by atoms with Crippen molar-refractivity contribution in [3.8, 4) is 0 Å². The summed E-state index contributed by atoms with van der Waals surface area (Å²) < 4.78 is 26.1. The predicted molar refractivity (Wildman–Crippen MR) is 53.1 cm³/mol. The van der Waals surface area contributed by atoms with Crippen molar-refractivity contribution in [1.29, 1.82) is 0 Å². The first-order chi connectivity index (χ1) is 6.65. The van der Waals surface area contributed by atoms with Gasteiger partial charge in [0, 0.05) is 11.6 Å². The Kier molecular flexibility index (Phi) is 4.01. The zero-order valence-corrected chi connectivity index (χ0v) is 8.48. The third kappa shape index (κ3) is 2.77. The van der Waals surface area contributed by atoms with E-state index in [-0.39, 0.29) is 11.9 Å². The molecule has 0 heterocycles. The molecule has 1 N–H and O–H groups in total. The van der Waals surface area contributed by atoms with Gasteiger partial charge in [-0.3, -0.25) is 0 Å². The monoisotopic (exact) mass is 199 g/mol. The van der Waals surface area contributed by atoms with Crippen LogP contribution in [-0.2, 0) is 0 Å². The van der Waals surface area contributed by atoms with Gasteiger partial charge in [-0.25, -0.2) is 8.78 Å². The lowest BCUT2D eigenvalue weighted by Gasteiger charge is -2.14. The summed E-state index contributed by atoms with van der Waals surface area (Å²) in [5.41, 5.74) is 0.387. The zero-order valence-electron chi connectivity index (χ0n) is 8.48. The molecule has 3 heteroatoms. The normalized spacial score (nSPS) is 12.9. The number of nitrogens with one attached hydrogen (secondary N) is 1. The molecule has 1 aromatic rings. The number of hydrogen-bond acceptors (Lipinski definition) is 1. The van der Waals surface area contributed by atoms with Crippen LogP contribution in [0.3, 0.4) is 0 Å². The van der Waals surface area contributed by atoms with Gasteiger partial charge in [0.2, 0.25) is 0 Å². The molecule has 0 amide bonds. The van der Waals surface area contributed by atoms with Crippen LogP contribution in [0.4, 0.5) is 8.78 Å². The molecule has 1 nitrogen and oxygen atoms in total. The number of halogens is 2. The summed E-state index contributed by atoms with van der Waals surface area (Å²) in [5, 5.41) is 3.11. The van der Waals surface area contributed by atoms with E-state index in [2.05, 4.69) is 5.32 Å². The van der Waals surface area contributed by atoms with Crippen LogP contribution in [0.25, 0.3) is 0 Å². The SMILES string of the molecule is CCCN[C@H](C)c1cc(F)ccc1F. The van der Waals surface area contributed by atoms with E-state index in [9.17, 15) is 8.78 Å². The van der Waals surface area contributed by atoms with Gasteiger partial charge in [0.05, 0.1) is 0 Å². The first-order valence-electron chi connectivity index (χ1n) is 4.83. The fourth-order valence-corrected chi connectivity index (χ4v) is 1.32. The highest BCUT2D eigenvalue weighted by molar-refractivity contribution is 5.21. The van der Waals surface area contributed by atoms with Crippen molar-refractivity contribution in [2.45, 2.75) is 26.3 Å². The maximum absolute atomic E-state index is 13.2. The van der Waals surface area contributed by atoms with E-state index in [4.69, 9.17) is 0 Å². The molecule has 0 aliphatic carbocycles. The van der Waals surface area contributed by atoms with E-state index in [0.717, 1.165) is 25.1 Å². The molecule has 1 aromatic carbocycles. The Morgan fingerprint density at radius 3 is 2.71 bits per heavy atom. The van der Waals surface area contributed by atoms with Crippen LogP contribution in [-0.4, -0.2) is 6.54 Å². The van der Waals surface area contributed by atoms with Gasteiger partial charge in [-0.2, -0.15) is 0 Å². The summed E-state index contributed by atoms with van der Waals surface area (Å²) in [6.45, 7) is 4.66. The fraction of sp³-hybridized carbons (Fsp3) is 0.455. The smallest absolute Gasteiger partial charge is 0.128 e. The molecule has 0 fully saturated rings. The Bertz CT molecular complexity index is 299. The second-order valence-electron chi connectivity index (χ2n) is 3.34. The van der Waals surface area contributed by atoms with Crippen LogP contribution < -0.4 is 5.32 Å². The average Bonchev–Trinajstić information content (AvgIpc) is 2.18. The van der Waals surface area contributed by atoms with Crippen molar-refractivity contribution < 1.29 is 8.78 Å². The molecule has 0 saturated carbocycles. The Labute approximate surface area is 83.1 Å². The van der Waals surface area contributed by atoms with Crippen molar-refractivity contribution in [2.75, 3.05) is 6.54 Å². The van der Waals surface area contributed by atoms with Crippen molar-refractivity contribution in [1.82, 2.24) is 5.32 Å². The van der Waals surface area contributed by atoms with Gasteiger partial charge in [0.25, 0.3) is 0 Å². The largest absolute Gasteiger partial charge is 0.310 e. The molecular weight excluding hydrogens is 184 g/mol. The summed E-state index contributed by atoms with van der Waals surface area (Å²) in [4.78, 5) is 0. The number of benzene rings is 1. The van der Waals surface area contributed by atoms with Crippen molar-refractivity contribution in [3.05, 3.63) is 35.4 Å². The molecule has 1 rings (SSSR count). The highest BCUT2D eigenvalue weighted by atomic mass is 19.1. The van der Waals surface area contributed by atoms with E-state index in [1.54, 1.807) is 0 Å². The summed E-state index contributed by atoms with van der Waals surface area (Å²) in [5.74, 6) is -0.756. The predicted octanol–water partition coefficient (Wildman–Crippen LogP) is 3.03. The van der Waals surface area contributed by atoms with Crippen LogP contribution >= 0.6 is 0 Å². The molecule has 0 unspecified atom stereocenters. The first kappa shape index (κ1) is 11.1. The van der Waals surface area contributed by atoms with E-state index in [0.29, 0.717) is 5.56 Å². The van der Waals surface area contributed by atoms with Gasteiger partial charge >= 0.3 is 0 Å². The van der Waals surface area contributed by atoms with E-state index >= 15 is 0 Å². The maximum atomic E-state index is 13.2. The third-order valence-electron chi connectivity index (χ3n) is 2.13. The number of rotatable bonds is 4. The van der Waals surface area contributed by atoms with Gasteiger partial charge in [-0.1, -0.05) is 6.92 Å². The standard InChI is InChI=1S/C11H15F2N/c1-3-6-14-8(2)10-7-9(12)4-5-11(10)13/h4-5,7-8,14H,3,6H2,1-2H3/t8-/m1/s1. The minimum atomic E-state index is -0.397. The Hall–Kier alpha value is -0.960. The third-order valence-corrected chi connectivity index (χ3v) is 2.13. The van der Waals surface area contributed by atoms with Crippen molar-refractivity contribution in [2.24, 2.45) is 0 Å². The van der Waals surface area contributed by atoms with Crippen LogP contribution in [0, 0.1) is 11.6 Å². The Balaban J connectivity index is 2.77. The van der Waals surface area contributed by atoms with Crippen LogP contribution in [0.15, 0.2) is 18.2 Å². The number of hydrogen-bond donors (Lipinski definition) is 1. The molecule has 0 saturated heterocycles. The van der Waals surface area contributed by atoms with Gasteiger partial charge in [0.1, 0.15) is 11.6 Å². The lowest BCUT2D eigenvalue weighted by molar-refractivity contribution is 0.518. The molecular formula is C11H15F2N. The molecule has 0 bridgehead atoms. The second-order valence-corrected chi connectivity index (χ2v) is 3.34. The minimum Gasteiger partial charge on any atom is -0.310 e. The average molecular weight is 199 g/mol. The second kappa shape index (κ2) is 5.05. The first-order valence-corrected chi connectivity index (χ1v) is 4.83. The molecule has 78 valence electrons. The van der Waals surface area contributed by atoms with Gasteiger partial charge in [0.15, 0.2) is 0 Å². The maximum Gasteiger partial charge on any atom is 0.128 e. The Morgan fingerprint density at radius 2 is 2.07 bits per heavy atom. The summed E-state index contributed by atoms with van der Waals surface area (Å²) in [7, 11) is 0. The molecule has 0 spiro atoms. The molecule has 14 heavy (non-hydrogen) atoms. The summed E-state index contributed by atoms with van der Waals surface area (Å²) >= 11 is 0. The van der Waals surface area contributed by atoms with Crippen molar-refractivity contribution in [3.63, 3.8) is 0 Å². The fourth-order valence-electron chi connectivity index (χ4n) is 1.32. The van der Waals surface area contributed by atoms with E-state index in [1.807, 2.05) is 13.8 Å². The molecule has 0 aliphatic heterocycles. The summed E-state index contributed by atoms with van der Waals surface area (Å²) in [6, 6.07) is 3.38. The summed E-state index contributed by atoms with van der Waals surface area (Å²) in [6.07, 6.45) is 0.973. The molecule has 0 aliphatic rings. The Morgan fingerprint density at radius 1 is 1.36 bits per heavy atom. The highest BCUT2D eigenvalue weighted by Gasteiger charge is 2.10. The lowest BCUT2D eigenvalue weighted by atomic mass is 10.1. The van der Waals surface area contributed by atoms with Crippen LogP contribution in [0.1, 0.15) is 31.9 Å². The lowest BCUT2D eigenvalue weighted by Crippen LogP contribution is -2.20. The topological polar surface area (TPSA) is 12.0 Å². The molecule has 1 atom stereocenters. The van der Waals surface area contributed by atoms with Gasteiger partial charge < -0.3 is 5.32 Å². The van der Waals surface area contributed by atoms with Crippen molar-refractivity contribution >= 4 is 0 Å². The van der Waals surface area contributed by atoms with Crippen LogP contribution in [0.5, 0.6) is 0 Å². The van der Waals surface area contributed by atoms with E-state index < -0.39 is 5.82 Å². The highest BCUT2D eigenvalue weighted by Crippen LogP contribution is 2.17. The molecule has 0 radical (unpaired) electrons. The minimum absolute atomic E-state index is 0.148. The molecule has 0 aromatic heterocycles. The quantitative estimate of drug-likeness (QED) is 0.786. The van der Waals surface area contributed by atoms with Gasteiger partial charge in [-0.15, -0.1) is 0 Å². The van der Waals surface area contributed by atoms with Crippen LogP contribution in [0.2, 0.25) is 0 Å². The van der Waals surface area contributed by atoms with Gasteiger partial charge in [-0.05, 0) is 38.1 Å². The van der Waals surface area contributed by atoms with E-state index in [1.165, 1.54) is 6.07 Å².